The van der Waals surface area contributed by atoms with E-state index in [2.05, 4.69) is 51.5 Å². The second-order valence-electron chi connectivity index (χ2n) is 5.04. The molecule has 0 aliphatic heterocycles. The molecule has 2 rings (SSSR count). The third kappa shape index (κ3) is 1.88. The number of nitrogens with zero attached hydrogens (tertiary/aromatic N) is 1. The molecular weight excluding hydrogens is 170 g/mol. The number of fused-ring (bicyclic) bond motifs is 1. The van der Waals surface area contributed by atoms with Crippen LogP contribution in [0.5, 0.6) is 0 Å². The highest BCUT2D eigenvalue weighted by Gasteiger charge is 2.18. The van der Waals surface area contributed by atoms with Crippen LogP contribution in [0.25, 0.3) is 5.57 Å². The number of rotatable bonds is 2. The predicted molar refractivity (Wildman–Crippen MR) is 61.0 cm³/mol. The minimum Gasteiger partial charge on any atom is -0.327 e. The van der Waals surface area contributed by atoms with Crippen LogP contribution in [-0.4, -0.2) is 32.2 Å². The lowest BCUT2D eigenvalue weighted by Gasteiger charge is -2.24. The summed E-state index contributed by atoms with van der Waals surface area (Å²) in [6.07, 6.45) is 3.49. The Hall–Kier alpha value is -1.08. The summed E-state index contributed by atoms with van der Waals surface area (Å²) in [5.41, 5.74) is 4.45. The van der Waals surface area contributed by atoms with Crippen molar-refractivity contribution in [2.75, 3.05) is 27.7 Å². The number of hydrogen-bond acceptors (Lipinski definition) is 0. The highest BCUT2D eigenvalue weighted by molar-refractivity contribution is 5.73. The van der Waals surface area contributed by atoms with Crippen molar-refractivity contribution in [3.8, 4) is 0 Å². The van der Waals surface area contributed by atoms with Crippen LogP contribution in [0.3, 0.4) is 0 Å². The molecule has 0 saturated heterocycles. The lowest BCUT2D eigenvalue weighted by molar-refractivity contribution is -0.862. The van der Waals surface area contributed by atoms with Crippen molar-refractivity contribution in [3.63, 3.8) is 0 Å². The first kappa shape index (κ1) is 9.47. The third-order valence-electron chi connectivity index (χ3n) is 2.58. The van der Waals surface area contributed by atoms with E-state index in [9.17, 15) is 0 Å². The molecule has 0 unspecified atom stereocenters. The monoisotopic (exact) mass is 188 g/mol. The highest BCUT2D eigenvalue weighted by Crippen LogP contribution is 2.28. The first-order valence-electron chi connectivity index (χ1n) is 5.14. The molecule has 1 aromatic rings. The lowest BCUT2D eigenvalue weighted by Crippen LogP contribution is -2.35. The molecule has 0 bridgehead atoms. The largest absolute Gasteiger partial charge is 0.327 e. The van der Waals surface area contributed by atoms with Gasteiger partial charge in [-0.2, -0.15) is 0 Å². The van der Waals surface area contributed by atoms with Crippen molar-refractivity contribution in [3.05, 3.63) is 41.5 Å². The maximum Gasteiger partial charge on any atom is 0.104 e. The molecular formula is C13H18N+. The Bertz CT molecular complexity index is 369. The Morgan fingerprint density at radius 2 is 1.86 bits per heavy atom. The van der Waals surface area contributed by atoms with Crippen molar-refractivity contribution >= 4 is 5.57 Å². The fourth-order valence-corrected chi connectivity index (χ4v) is 2.02. The van der Waals surface area contributed by atoms with E-state index in [-0.39, 0.29) is 0 Å². The van der Waals surface area contributed by atoms with Crippen LogP contribution >= 0.6 is 0 Å². The summed E-state index contributed by atoms with van der Waals surface area (Å²) in [6.45, 7) is 1.12. The molecule has 0 spiro atoms. The van der Waals surface area contributed by atoms with Crippen LogP contribution in [0, 0.1) is 0 Å². The first-order chi connectivity index (χ1) is 6.56. The molecule has 1 aliphatic rings. The van der Waals surface area contributed by atoms with Gasteiger partial charge >= 0.3 is 0 Å². The Balaban J connectivity index is 2.25. The highest BCUT2D eigenvalue weighted by atomic mass is 15.3. The summed E-state index contributed by atoms with van der Waals surface area (Å²) in [4.78, 5) is 0. The van der Waals surface area contributed by atoms with Crippen molar-refractivity contribution in [2.45, 2.75) is 6.42 Å². The van der Waals surface area contributed by atoms with Crippen LogP contribution in [0.1, 0.15) is 11.1 Å². The van der Waals surface area contributed by atoms with E-state index in [4.69, 9.17) is 0 Å². The average molecular weight is 188 g/mol. The number of hydrogen-bond donors (Lipinski definition) is 0. The maximum absolute atomic E-state index is 2.37. The second-order valence-corrected chi connectivity index (χ2v) is 5.04. The molecule has 0 saturated carbocycles. The van der Waals surface area contributed by atoms with Gasteiger partial charge in [-0.1, -0.05) is 30.3 Å². The molecule has 1 nitrogen and oxygen atoms in total. The zero-order valence-corrected chi connectivity index (χ0v) is 9.25. The molecule has 0 radical (unpaired) electrons. The fraction of sp³-hybridized carbons (Fsp3) is 0.385. The van der Waals surface area contributed by atoms with E-state index >= 15 is 0 Å². The van der Waals surface area contributed by atoms with Gasteiger partial charge in [-0.25, -0.2) is 0 Å². The lowest BCUT2D eigenvalue weighted by atomic mass is 10.1. The zero-order chi connectivity index (χ0) is 10.2. The topological polar surface area (TPSA) is 0 Å². The van der Waals surface area contributed by atoms with E-state index in [0.717, 1.165) is 17.4 Å². The van der Waals surface area contributed by atoms with Crippen molar-refractivity contribution in [1.82, 2.24) is 0 Å². The summed E-state index contributed by atoms with van der Waals surface area (Å²) < 4.78 is 1.00. The minimum absolute atomic E-state index is 1.00. The van der Waals surface area contributed by atoms with E-state index < -0.39 is 0 Å². The Kier molecular flexibility index (Phi) is 2.20. The van der Waals surface area contributed by atoms with E-state index in [1.807, 2.05) is 0 Å². The van der Waals surface area contributed by atoms with Gasteiger partial charge < -0.3 is 4.48 Å². The van der Waals surface area contributed by atoms with Gasteiger partial charge in [0.25, 0.3) is 0 Å². The zero-order valence-electron chi connectivity index (χ0n) is 9.25. The quantitative estimate of drug-likeness (QED) is 0.625. The van der Waals surface area contributed by atoms with E-state index in [0.29, 0.717) is 0 Å². The molecule has 0 N–H and O–H groups in total. The van der Waals surface area contributed by atoms with Crippen LogP contribution in [0.15, 0.2) is 30.3 Å². The molecule has 0 atom stereocenters. The molecule has 14 heavy (non-hydrogen) atoms. The smallest absolute Gasteiger partial charge is 0.104 e. The third-order valence-corrected chi connectivity index (χ3v) is 2.58. The van der Waals surface area contributed by atoms with E-state index in [1.54, 1.807) is 0 Å². The van der Waals surface area contributed by atoms with Gasteiger partial charge in [0.05, 0.1) is 21.1 Å². The van der Waals surface area contributed by atoms with Gasteiger partial charge in [-0.15, -0.1) is 0 Å². The number of benzene rings is 1. The molecule has 0 amide bonds. The van der Waals surface area contributed by atoms with Crippen LogP contribution in [0.2, 0.25) is 0 Å². The van der Waals surface area contributed by atoms with Crippen LogP contribution in [0.4, 0.5) is 0 Å². The van der Waals surface area contributed by atoms with E-state index in [1.165, 1.54) is 16.7 Å². The average Bonchev–Trinajstić information content (AvgIpc) is 2.47. The Morgan fingerprint density at radius 1 is 1.14 bits per heavy atom. The molecule has 1 aliphatic carbocycles. The SMILES string of the molecule is C[N+](C)(C)CC1=CCc2ccccc21. The summed E-state index contributed by atoms with van der Waals surface area (Å²) >= 11 is 0. The molecule has 74 valence electrons. The van der Waals surface area contributed by atoms with Gasteiger partial charge in [-0.3, -0.25) is 0 Å². The number of quaternary nitrogens is 1. The summed E-state index contributed by atoms with van der Waals surface area (Å²) in [5.74, 6) is 0. The number of allylic oxidation sites excluding steroid dienone is 1. The standard InChI is InChI=1S/C13H18N/c1-14(2,3)10-12-9-8-11-6-4-5-7-13(11)12/h4-7,9H,8,10H2,1-3H3/q+1. The van der Waals surface area contributed by atoms with Gasteiger partial charge in [0, 0.05) is 5.57 Å². The fourth-order valence-electron chi connectivity index (χ4n) is 2.02. The summed E-state index contributed by atoms with van der Waals surface area (Å²) in [5, 5.41) is 0. The van der Waals surface area contributed by atoms with Crippen molar-refractivity contribution in [2.24, 2.45) is 0 Å². The second kappa shape index (κ2) is 3.25. The molecule has 1 aromatic carbocycles. The van der Waals surface area contributed by atoms with Crippen molar-refractivity contribution < 1.29 is 4.48 Å². The van der Waals surface area contributed by atoms with Gasteiger partial charge in [0.15, 0.2) is 0 Å². The van der Waals surface area contributed by atoms with Gasteiger partial charge in [-0.05, 0) is 17.5 Å². The van der Waals surface area contributed by atoms with Crippen LogP contribution in [-0.2, 0) is 6.42 Å². The molecule has 0 heterocycles. The molecule has 1 heteroatoms. The maximum atomic E-state index is 2.37. The van der Waals surface area contributed by atoms with Gasteiger partial charge in [0.2, 0.25) is 0 Å². The Morgan fingerprint density at radius 3 is 2.57 bits per heavy atom. The molecule has 0 aromatic heterocycles. The van der Waals surface area contributed by atoms with Crippen LogP contribution < -0.4 is 0 Å². The minimum atomic E-state index is 1.00. The Labute approximate surface area is 86.3 Å². The summed E-state index contributed by atoms with van der Waals surface area (Å²) in [6, 6.07) is 8.73. The molecule has 0 fully saturated rings. The van der Waals surface area contributed by atoms with Gasteiger partial charge in [0.1, 0.15) is 6.54 Å². The first-order valence-corrected chi connectivity index (χ1v) is 5.14. The summed E-state index contributed by atoms with van der Waals surface area (Å²) in [7, 11) is 6.71. The predicted octanol–water partition coefficient (Wildman–Crippen LogP) is 2.33. The normalized spacial score (nSPS) is 15.2. The number of likely N-dealkylation sites (N-methyl/N-ethyl adjacent to an activating group) is 1. The van der Waals surface area contributed by atoms with Crippen molar-refractivity contribution in [1.29, 1.82) is 0 Å².